The van der Waals surface area contributed by atoms with E-state index in [-0.39, 0.29) is 11.9 Å². The normalized spacial score (nSPS) is 19.5. The van der Waals surface area contributed by atoms with E-state index in [2.05, 4.69) is 17.3 Å². The van der Waals surface area contributed by atoms with E-state index in [1.54, 1.807) is 6.07 Å². The van der Waals surface area contributed by atoms with Crippen LogP contribution >= 0.6 is 11.6 Å². The van der Waals surface area contributed by atoms with Gasteiger partial charge in [-0.2, -0.15) is 0 Å². The van der Waals surface area contributed by atoms with Crippen LogP contribution in [0.2, 0.25) is 5.02 Å². The minimum Gasteiger partial charge on any atom is -0.491 e. The summed E-state index contributed by atoms with van der Waals surface area (Å²) in [5, 5.41) is 3.67. The van der Waals surface area contributed by atoms with Crippen molar-refractivity contribution in [1.29, 1.82) is 0 Å². The van der Waals surface area contributed by atoms with Crippen molar-refractivity contribution >= 4 is 17.5 Å². The number of nitrogens with zero attached hydrogens (tertiary/aromatic N) is 1. The van der Waals surface area contributed by atoms with Crippen LogP contribution in [0, 0.1) is 5.41 Å². The Morgan fingerprint density at radius 2 is 2.19 bits per heavy atom. The highest BCUT2D eigenvalue weighted by Crippen LogP contribution is 2.26. The summed E-state index contributed by atoms with van der Waals surface area (Å²) < 4.78 is 5.71. The number of nitrogens with one attached hydrogen (secondary N) is 1. The highest BCUT2D eigenvalue weighted by molar-refractivity contribution is 6.32. The second kappa shape index (κ2) is 6.67. The van der Waals surface area contributed by atoms with Crippen LogP contribution in [0.25, 0.3) is 0 Å². The third-order valence-corrected chi connectivity index (χ3v) is 4.08. The molecule has 1 aromatic carbocycles. The smallest absolute Gasteiger partial charge is 0.229 e. The van der Waals surface area contributed by atoms with E-state index >= 15 is 0 Å². The van der Waals surface area contributed by atoms with Gasteiger partial charge in [0, 0.05) is 12.6 Å². The molecule has 2 rings (SSSR count). The van der Waals surface area contributed by atoms with Gasteiger partial charge in [-0.3, -0.25) is 4.79 Å². The maximum atomic E-state index is 12.4. The van der Waals surface area contributed by atoms with Crippen LogP contribution in [0.5, 0.6) is 5.75 Å². The lowest BCUT2D eigenvalue weighted by Gasteiger charge is -2.26. The molecule has 21 heavy (non-hydrogen) atoms. The number of rotatable bonds is 5. The Bertz CT molecular complexity index is 505. The van der Waals surface area contributed by atoms with Crippen molar-refractivity contribution in [3.63, 3.8) is 0 Å². The SMILES string of the molecule is CN1CC[C@@H](NC(=O)C(C)(C)COc2ccccc2Cl)C1. The Morgan fingerprint density at radius 1 is 1.48 bits per heavy atom. The van der Waals surface area contributed by atoms with Crippen molar-refractivity contribution in [1.82, 2.24) is 10.2 Å². The highest BCUT2D eigenvalue weighted by atomic mass is 35.5. The third-order valence-electron chi connectivity index (χ3n) is 3.77. The maximum Gasteiger partial charge on any atom is 0.229 e. The topological polar surface area (TPSA) is 41.6 Å². The van der Waals surface area contributed by atoms with Gasteiger partial charge >= 0.3 is 0 Å². The first kappa shape index (κ1) is 16.1. The van der Waals surface area contributed by atoms with E-state index in [4.69, 9.17) is 16.3 Å². The fourth-order valence-electron chi connectivity index (χ4n) is 2.32. The zero-order valence-corrected chi connectivity index (χ0v) is 13.6. The van der Waals surface area contributed by atoms with Crippen LogP contribution in [0.15, 0.2) is 24.3 Å². The first-order valence-electron chi connectivity index (χ1n) is 7.25. The van der Waals surface area contributed by atoms with Crippen LogP contribution in [-0.4, -0.2) is 43.6 Å². The molecule has 1 aliphatic heterocycles. The number of likely N-dealkylation sites (tertiary alicyclic amines) is 1. The van der Waals surface area contributed by atoms with Crippen molar-refractivity contribution in [3.05, 3.63) is 29.3 Å². The zero-order chi connectivity index (χ0) is 15.5. The number of hydrogen-bond acceptors (Lipinski definition) is 3. The molecule has 4 nitrogen and oxygen atoms in total. The van der Waals surface area contributed by atoms with Gasteiger partial charge in [-0.05, 0) is 46.0 Å². The van der Waals surface area contributed by atoms with Crippen molar-refractivity contribution < 1.29 is 9.53 Å². The number of hydrogen-bond donors (Lipinski definition) is 1. The van der Waals surface area contributed by atoms with Gasteiger partial charge in [-0.25, -0.2) is 0 Å². The van der Waals surface area contributed by atoms with E-state index in [9.17, 15) is 4.79 Å². The molecule has 1 aliphatic rings. The molecule has 5 heteroatoms. The summed E-state index contributed by atoms with van der Waals surface area (Å²) in [5.74, 6) is 0.635. The number of carbonyl (C=O) groups excluding carboxylic acids is 1. The number of halogens is 1. The molecule has 1 N–H and O–H groups in total. The Hall–Kier alpha value is -1.26. The van der Waals surface area contributed by atoms with Crippen LogP contribution in [-0.2, 0) is 4.79 Å². The average Bonchev–Trinajstić information content (AvgIpc) is 2.83. The molecule has 0 spiro atoms. The van der Waals surface area contributed by atoms with Gasteiger partial charge in [0.25, 0.3) is 0 Å². The van der Waals surface area contributed by atoms with Gasteiger partial charge in [0.05, 0.1) is 10.4 Å². The van der Waals surface area contributed by atoms with Crippen molar-refractivity contribution in [2.45, 2.75) is 26.3 Å². The lowest BCUT2D eigenvalue weighted by molar-refractivity contribution is -0.131. The van der Waals surface area contributed by atoms with Crippen LogP contribution in [0.3, 0.4) is 0 Å². The molecular weight excluding hydrogens is 288 g/mol. The summed E-state index contributed by atoms with van der Waals surface area (Å²) in [7, 11) is 2.07. The monoisotopic (exact) mass is 310 g/mol. The first-order chi connectivity index (χ1) is 9.88. The van der Waals surface area contributed by atoms with Crippen LogP contribution in [0.4, 0.5) is 0 Å². The Balaban J connectivity index is 1.88. The minimum absolute atomic E-state index is 0.0230. The molecule has 0 aliphatic carbocycles. The number of likely N-dealkylation sites (N-methyl/N-ethyl adjacent to an activating group) is 1. The van der Waals surface area contributed by atoms with E-state index in [1.165, 1.54) is 0 Å². The van der Waals surface area contributed by atoms with Gasteiger partial charge in [0.1, 0.15) is 12.4 Å². The van der Waals surface area contributed by atoms with Gasteiger partial charge in [-0.1, -0.05) is 23.7 Å². The third kappa shape index (κ3) is 4.35. The summed E-state index contributed by atoms with van der Waals surface area (Å²) >= 11 is 6.06. The molecular formula is C16H23ClN2O2. The standard InChI is InChI=1S/C16H23ClN2O2/c1-16(2,11-21-14-7-5-4-6-13(14)17)15(20)18-12-8-9-19(3)10-12/h4-7,12H,8-11H2,1-3H3,(H,18,20)/t12-/m1/s1. The quantitative estimate of drug-likeness (QED) is 0.909. The van der Waals surface area contributed by atoms with Crippen LogP contribution in [0.1, 0.15) is 20.3 Å². The lowest BCUT2D eigenvalue weighted by atomic mass is 9.93. The summed E-state index contributed by atoms with van der Waals surface area (Å²) in [6.07, 6.45) is 1.00. The Morgan fingerprint density at radius 3 is 2.81 bits per heavy atom. The summed E-state index contributed by atoms with van der Waals surface area (Å²) in [6.45, 7) is 6.01. The minimum atomic E-state index is -0.597. The molecule has 1 fully saturated rings. The molecule has 0 saturated carbocycles. The molecule has 0 aromatic heterocycles. The van der Waals surface area contributed by atoms with E-state index < -0.39 is 5.41 Å². The van der Waals surface area contributed by atoms with E-state index in [1.807, 2.05) is 32.0 Å². The zero-order valence-electron chi connectivity index (χ0n) is 12.9. The molecule has 1 heterocycles. The fraction of sp³-hybridized carbons (Fsp3) is 0.562. The Kier molecular flexibility index (Phi) is 5.12. The predicted molar refractivity (Wildman–Crippen MR) is 84.8 cm³/mol. The van der Waals surface area contributed by atoms with Gasteiger partial charge in [-0.15, -0.1) is 0 Å². The number of amides is 1. The van der Waals surface area contributed by atoms with Crippen molar-refractivity contribution in [2.75, 3.05) is 26.7 Å². The second-order valence-corrected chi connectivity index (χ2v) is 6.73. The lowest BCUT2D eigenvalue weighted by Crippen LogP contribution is -2.46. The maximum absolute atomic E-state index is 12.4. The van der Waals surface area contributed by atoms with Gasteiger partial charge in [0.2, 0.25) is 5.91 Å². The molecule has 116 valence electrons. The van der Waals surface area contributed by atoms with Crippen LogP contribution < -0.4 is 10.1 Å². The number of ether oxygens (including phenoxy) is 1. The molecule has 0 bridgehead atoms. The summed E-state index contributed by atoms with van der Waals surface area (Å²) in [6, 6.07) is 7.54. The molecule has 1 saturated heterocycles. The molecule has 1 atom stereocenters. The molecule has 1 amide bonds. The second-order valence-electron chi connectivity index (χ2n) is 6.32. The summed E-state index contributed by atoms with van der Waals surface area (Å²) in [4.78, 5) is 14.6. The van der Waals surface area contributed by atoms with Crippen molar-refractivity contribution in [2.24, 2.45) is 5.41 Å². The van der Waals surface area contributed by atoms with E-state index in [0.717, 1.165) is 19.5 Å². The van der Waals surface area contributed by atoms with E-state index in [0.29, 0.717) is 17.4 Å². The molecule has 0 unspecified atom stereocenters. The van der Waals surface area contributed by atoms with Crippen molar-refractivity contribution in [3.8, 4) is 5.75 Å². The summed E-state index contributed by atoms with van der Waals surface area (Å²) in [5.41, 5.74) is -0.597. The predicted octanol–water partition coefficient (Wildman–Crippen LogP) is 2.57. The highest BCUT2D eigenvalue weighted by Gasteiger charge is 2.32. The number of benzene rings is 1. The van der Waals surface area contributed by atoms with Gasteiger partial charge in [0.15, 0.2) is 0 Å². The fourth-order valence-corrected chi connectivity index (χ4v) is 2.51. The molecule has 0 radical (unpaired) electrons. The number of carbonyl (C=O) groups is 1. The first-order valence-corrected chi connectivity index (χ1v) is 7.63. The average molecular weight is 311 g/mol. The Labute approximate surface area is 131 Å². The number of para-hydroxylation sites is 1. The molecule has 1 aromatic rings. The largest absolute Gasteiger partial charge is 0.491 e. The van der Waals surface area contributed by atoms with Gasteiger partial charge < -0.3 is 15.0 Å².